The predicted octanol–water partition coefficient (Wildman–Crippen LogP) is 4.56. The van der Waals surface area contributed by atoms with Crippen LogP contribution in [-0.2, 0) is 6.54 Å². The third-order valence-electron chi connectivity index (χ3n) is 2.59. The molecule has 1 aromatic heterocycles. The molecule has 2 rings (SSSR count). The van der Waals surface area contributed by atoms with Crippen molar-refractivity contribution in [3.63, 3.8) is 0 Å². The number of rotatable bonds is 3. The maximum absolute atomic E-state index is 13.4. The van der Waals surface area contributed by atoms with E-state index in [4.69, 9.17) is 11.6 Å². The zero-order valence-corrected chi connectivity index (χ0v) is 12.0. The highest BCUT2D eigenvalue weighted by Crippen LogP contribution is 2.25. The van der Waals surface area contributed by atoms with Crippen LogP contribution in [0, 0.1) is 12.7 Å². The van der Waals surface area contributed by atoms with Gasteiger partial charge >= 0.3 is 0 Å². The zero-order valence-electron chi connectivity index (χ0n) is 9.67. The van der Waals surface area contributed by atoms with Crippen LogP contribution in [0.5, 0.6) is 0 Å². The van der Waals surface area contributed by atoms with Gasteiger partial charge in [0.1, 0.15) is 5.82 Å². The predicted molar refractivity (Wildman–Crippen MR) is 75.4 cm³/mol. The number of pyridine rings is 1. The van der Waals surface area contributed by atoms with Crippen LogP contribution in [0.1, 0.15) is 11.1 Å². The molecule has 0 aliphatic heterocycles. The van der Waals surface area contributed by atoms with E-state index in [0.717, 1.165) is 16.8 Å². The van der Waals surface area contributed by atoms with Crippen molar-refractivity contribution in [1.29, 1.82) is 0 Å². The number of nitrogens with zero attached hydrogens (tertiary/aromatic N) is 1. The van der Waals surface area contributed by atoms with E-state index in [0.29, 0.717) is 16.0 Å². The monoisotopic (exact) mass is 328 g/mol. The van der Waals surface area contributed by atoms with Gasteiger partial charge in [-0.05, 0) is 52.2 Å². The van der Waals surface area contributed by atoms with Crippen molar-refractivity contribution in [3.8, 4) is 0 Å². The molecule has 2 nitrogen and oxygen atoms in total. The molecule has 0 fully saturated rings. The topological polar surface area (TPSA) is 24.9 Å². The van der Waals surface area contributed by atoms with Crippen molar-refractivity contribution in [2.45, 2.75) is 13.5 Å². The molecule has 0 bridgehead atoms. The van der Waals surface area contributed by atoms with Gasteiger partial charge in [0.25, 0.3) is 0 Å². The van der Waals surface area contributed by atoms with Gasteiger partial charge in [-0.3, -0.25) is 4.98 Å². The van der Waals surface area contributed by atoms with E-state index in [1.54, 1.807) is 18.5 Å². The second kappa shape index (κ2) is 5.67. The number of benzene rings is 1. The van der Waals surface area contributed by atoms with Crippen LogP contribution in [0.25, 0.3) is 0 Å². The lowest BCUT2D eigenvalue weighted by molar-refractivity contribution is 0.621. The number of aryl methyl sites for hydroxylation is 1. The van der Waals surface area contributed by atoms with E-state index in [9.17, 15) is 4.39 Å². The second-order valence-corrected chi connectivity index (χ2v) is 5.16. The van der Waals surface area contributed by atoms with Crippen LogP contribution in [0.3, 0.4) is 0 Å². The molecule has 0 atom stereocenters. The smallest absolute Gasteiger partial charge is 0.139 e. The van der Waals surface area contributed by atoms with Crippen molar-refractivity contribution in [1.82, 2.24) is 4.98 Å². The molecule has 2 aromatic rings. The van der Waals surface area contributed by atoms with Crippen LogP contribution in [0.15, 0.2) is 35.1 Å². The van der Waals surface area contributed by atoms with Crippen molar-refractivity contribution >= 4 is 33.2 Å². The lowest BCUT2D eigenvalue weighted by Gasteiger charge is -2.11. The highest BCUT2D eigenvalue weighted by molar-refractivity contribution is 9.10. The Morgan fingerprint density at radius 1 is 1.44 bits per heavy atom. The van der Waals surface area contributed by atoms with Gasteiger partial charge in [-0.1, -0.05) is 11.6 Å². The lowest BCUT2D eigenvalue weighted by Crippen LogP contribution is -2.02. The molecule has 94 valence electrons. The average Bonchev–Trinajstić information content (AvgIpc) is 2.34. The van der Waals surface area contributed by atoms with Gasteiger partial charge in [0.05, 0.1) is 9.50 Å². The number of halogens is 3. The summed E-state index contributed by atoms with van der Waals surface area (Å²) in [4.78, 5) is 3.92. The number of nitrogens with one attached hydrogen (secondary N) is 1. The summed E-state index contributed by atoms with van der Waals surface area (Å²) >= 11 is 9.16. The normalized spacial score (nSPS) is 10.4. The average molecular weight is 330 g/mol. The Balaban J connectivity index is 2.16. The van der Waals surface area contributed by atoms with Crippen molar-refractivity contribution in [2.75, 3.05) is 5.32 Å². The molecule has 0 amide bonds. The van der Waals surface area contributed by atoms with Crippen LogP contribution in [0.4, 0.5) is 10.1 Å². The van der Waals surface area contributed by atoms with E-state index in [2.05, 4.69) is 26.2 Å². The molecule has 18 heavy (non-hydrogen) atoms. The van der Waals surface area contributed by atoms with Gasteiger partial charge in [-0.25, -0.2) is 4.39 Å². The summed E-state index contributed by atoms with van der Waals surface area (Å²) < 4.78 is 13.9. The molecule has 0 radical (unpaired) electrons. The number of aromatic nitrogens is 1. The largest absolute Gasteiger partial charge is 0.381 e. The SMILES string of the molecule is Cc1cc(Br)c(F)cc1NCc1ccncc1Cl. The molecule has 0 unspecified atom stereocenters. The van der Waals surface area contributed by atoms with E-state index in [1.807, 2.05) is 13.0 Å². The van der Waals surface area contributed by atoms with Gasteiger partial charge in [0, 0.05) is 24.6 Å². The third kappa shape index (κ3) is 3.00. The van der Waals surface area contributed by atoms with E-state index < -0.39 is 0 Å². The highest BCUT2D eigenvalue weighted by Gasteiger charge is 2.06. The molecular weight excluding hydrogens is 319 g/mol. The molecule has 0 saturated heterocycles. The fourth-order valence-electron chi connectivity index (χ4n) is 1.57. The standard InChI is InChI=1S/C13H11BrClFN2/c1-8-4-10(14)12(16)5-13(8)18-6-9-2-3-17-7-11(9)15/h2-5,7,18H,6H2,1H3. The van der Waals surface area contributed by atoms with Gasteiger partial charge < -0.3 is 5.32 Å². The molecule has 0 aliphatic rings. The second-order valence-electron chi connectivity index (χ2n) is 3.90. The van der Waals surface area contributed by atoms with Gasteiger partial charge in [-0.15, -0.1) is 0 Å². The molecule has 0 saturated carbocycles. The summed E-state index contributed by atoms with van der Waals surface area (Å²) in [6.45, 7) is 2.45. The molecule has 1 heterocycles. The van der Waals surface area contributed by atoms with Crippen LogP contribution < -0.4 is 5.32 Å². The van der Waals surface area contributed by atoms with Crippen molar-refractivity contribution < 1.29 is 4.39 Å². The quantitative estimate of drug-likeness (QED) is 0.893. The number of hydrogen-bond acceptors (Lipinski definition) is 2. The van der Waals surface area contributed by atoms with Crippen molar-refractivity contribution in [3.05, 3.63) is 57.0 Å². The lowest BCUT2D eigenvalue weighted by atomic mass is 10.2. The number of hydrogen-bond donors (Lipinski definition) is 1. The van der Waals surface area contributed by atoms with E-state index in [-0.39, 0.29) is 5.82 Å². The minimum absolute atomic E-state index is 0.288. The van der Waals surface area contributed by atoms with Gasteiger partial charge in [0.15, 0.2) is 0 Å². The minimum Gasteiger partial charge on any atom is -0.381 e. The third-order valence-corrected chi connectivity index (χ3v) is 3.54. The Bertz CT molecular complexity index is 575. The van der Waals surface area contributed by atoms with Crippen LogP contribution in [0.2, 0.25) is 5.02 Å². The Labute approximate surface area is 118 Å². The highest BCUT2D eigenvalue weighted by atomic mass is 79.9. The molecule has 0 aliphatic carbocycles. The van der Waals surface area contributed by atoms with Gasteiger partial charge in [-0.2, -0.15) is 0 Å². The number of anilines is 1. The summed E-state index contributed by atoms with van der Waals surface area (Å²) in [5.41, 5.74) is 2.64. The summed E-state index contributed by atoms with van der Waals surface area (Å²) in [7, 11) is 0. The van der Waals surface area contributed by atoms with Gasteiger partial charge in [0.2, 0.25) is 0 Å². The Kier molecular flexibility index (Phi) is 4.19. The molecule has 0 spiro atoms. The minimum atomic E-state index is -0.288. The van der Waals surface area contributed by atoms with Crippen LogP contribution >= 0.6 is 27.5 Å². The first-order valence-electron chi connectivity index (χ1n) is 5.36. The molecule has 5 heteroatoms. The molecular formula is C13H11BrClFN2. The first kappa shape index (κ1) is 13.3. The van der Waals surface area contributed by atoms with Crippen LogP contribution in [-0.4, -0.2) is 4.98 Å². The Morgan fingerprint density at radius 2 is 2.22 bits per heavy atom. The Morgan fingerprint density at radius 3 is 2.94 bits per heavy atom. The maximum atomic E-state index is 13.4. The zero-order chi connectivity index (χ0) is 13.1. The summed E-state index contributed by atoms with van der Waals surface area (Å²) in [6, 6.07) is 5.04. The van der Waals surface area contributed by atoms with Crippen molar-refractivity contribution in [2.24, 2.45) is 0 Å². The Hall–Kier alpha value is -1.13. The maximum Gasteiger partial charge on any atom is 0.139 e. The fourth-order valence-corrected chi connectivity index (χ4v) is 2.22. The molecule has 1 aromatic carbocycles. The fraction of sp³-hybridized carbons (Fsp3) is 0.154. The summed E-state index contributed by atoms with van der Waals surface area (Å²) in [6.07, 6.45) is 3.27. The summed E-state index contributed by atoms with van der Waals surface area (Å²) in [5, 5.41) is 3.76. The molecule has 1 N–H and O–H groups in total. The summed E-state index contributed by atoms with van der Waals surface area (Å²) in [5.74, 6) is -0.288. The van der Waals surface area contributed by atoms with E-state index in [1.165, 1.54) is 6.07 Å². The van der Waals surface area contributed by atoms with E-state index >= 15 is 0 Å². The first-order chi connectivity index (χ1) is 8.58. The first-order valence-corrected chi connectivity index (χ1v) is 6.53.